The Balaban J connectivity index is 1.10. The van der Waals surface area contributed by atoms with Crippen molar-refractivity contribution >= 4 is 11.8 Å². The van der Waals surface area contributed by atoms with E-state index in [0.717, 1.165) is 41.9 Å². The second kappa shape index (κ2) is 8.48. The van der Waals surface area contributed by atoms with Crippen LogP contribution in [0.2, 0.25) is 0 Å². The van der Waals surface area contributed by atoms with Crippen molar-refractivity contribution in [3.8, 4) is 5.75 Å². The van der Waals surface area contributed by atoms with E-state index in [-0.39, 0.29) is 12.5 Å². The van der Waals surface area contributed by atoms with E-state index in [1.165, 1.54) is 38.5 Å². The Morgan fingerprint density at radius 1 is 0.903 bits per heavy atom. The number of nitrogens with zero attached hydrogens (tertiary/aromatic N) is 2. The molecule has 5 nitrogen and oxygen atoms in total. The number of hydrogen-bond donors (Lipinski definition) is 0. The predicted octanol–water partition coefficient (Wildman–Crippen LogP) is 3.91. The second-order valence-corrected chi connectivity index (χ2v) is 10.6. The van der Waals surface area contributed by atoms with Gasteiger partial charge < -0.3 is 14.5 Å². The van der Waals surface area contributed by atoms with Gasteiger partial charge in [0.25, 0.3) is 5.91 Å². The van der Waals surface area contributed by atoms with Crippen LogP contribution in [0.1, 0.15) is 57.4 Å². The van der Waals surface area contributed by atoms with E-state index in [0.29, 0.717) is 37.5 Å². The van der Waals surface area contributed by atoms with Crippen LogP contribution in [0.15, 0.2) is 24.3 Å². The first-order chi connectivity index (χ1) is 15.0. The molecule has 1 aliphatic heterocycles. The summed E-state index contributed by atoms with van der Waals surface area (Å²) >= 11 is 0. The fourth-order valence-electron chi connectivity index (χ4n) is 7.31. The highest BCUT2D eigenvalue weighted by molar-refractivity contribution is 5.79. The molecule has 4 bridgehead atoms. The molecule has 0 spiro atoms. The third-order valence-corrected chi connectivity index (χ3v) is 8.38. The molecule has 5 aliphatic rings. The first-order valence-electron chi connectivity index (χ1n) is 12.3. The molecule has 0 N–H and O–H groups in total. The van der Waals surface area contributed by atoms with E-state index in [1.54, 1.807) is 0 Å². The van der Waals surface area contributed by atoms with Crippen LogP contribution in [-0.4, -0.2) is 54.4 Å². The molecule has 0 unspecified atom stereocenters. The summed E-state index contributed by atoms with van der Waals surface area (Å²) in [4.78, 5) is 29.6. The number of amides is 2. The zero-order chi connectivity index (χ0) is 21.4. The quantitative estimate of drug-likeness (QED) is 0.696. The average molecular weight is 425 g/mol. The summed E-state index contributed by atoms with van der Waals surface area (Å²) < 4.78 is 5.80. The molecular formula is C26H36N2O3. The van der Waals surface area contributed by atoms with Gasteiger partial charge in [-0.15, -0.1) is 0 Å². The minimum absolute atomic E-state index is 0.0130. The van der Waals surface area contributed by atoms with E-state index in [9.17, 15) is 9.59 Å². The van der Waals surface area contributed by atoms with Crippen LogP contribution in [-0.2, 0) is 16.0 Å². The van der Waals surface area contributed by atoms with Crippen molar-refractivity contribution in [1.82, 2.24) is 9.80 Å². The van der Waals surface area contributed by atoms with Crippen molar-refractivity contribution in [2.45, 2.75) is 58.3 Å². The lowest BCUT2D eigenvalue weighted by atomic mass is 9.49. The molecule has 4 saturated carbocycles. The Hall–Kier alpha value is -2.04. The highest BCUT2D eigenvalue weighted by Gasteiger charge is 2.51. The molecule has 6 rings (SSSR count). The van der Waals surface area contributed by atoms with Crippen molar-refractivity contribution in [2.24, 2.45) is 23.2 Å². The molecule has 0 atom stereocenters. The third kappa shape index (κ3) is 4.33. The summed E-state index contributed by atoms with van der Waals surface area (Å²) in [5.74, 6) is 3.77. The summed E-state index contributed by atoms with van der Waals surface area (Å²) in [5, 5.41) is 0. The lowest BCUT2D eigenvalue weighted by molar-refractivity contribution is -0.145. The van der Waals surface area contributed by atoms with Gasteiger partial charge in [0, 0.05) is 32.6 Å². The maximum absolute atomic E-state index is 13.1. The molecular weight excluding hydrogens is 388 g/mol. The smallest absolute Gasteiger partial charge is 0.260 e. The summed E-state index contributed by atoms with van der Waals surface area (Å²) in [5.41, 5.74) is 1.41. The Morgan fingerprint density at radius 2 is 1.45 bits per heavy atom. The average Bonchev–Trinajstić information content (AvgIpc) is 2.76. The van der Waals surface area contributed by atoms with E-state index >= 15 is 0 Å². The maximum Gasteiger partial charge on any atom is 0.260 e. The zero-order valence-corrected chi connectivity index (χ0v) is 18.9. The number of rotatable bonds is 6. The Labute approximate surface area is 186 Å². The fraction of sp³-hybridized carbons (Fsp3) is 0.692. The largest absolute Gasteiger partial charge is 0.483 e. The molecule has 1 saturated heterocycles. The van der Waals surface area contributed by atoms with Crippen LogP contribution < -0.4 is 4.74 Å². The SMILES string of the molecule is CCc1ccccc1OCC(=O)N1CCN(C(=O)CC23CC4CC(CC(C4)C2)C3)CC1. The van der Waals surface area contributed by atoms with Gasteiger partial charge >= 0.3 is 0 Å². The van der Waals surface area contributed by atoms with E-state index in [2.05, 4.69) is 6.92 Å². The minimum Gasteiger partial charge on any atom is -0.483 e. The van der Waals surface area contributed by atoms with E-state index < -0.39 is 0 Å². The molecule has 5 fully saturated rings. The second-order valence-electron chi connectivity index (χ2n) is 10.6. The van der Waals surface area contributed by atoms with Crippen molar-refractivity contribution in [2.75, 3.05) is 32.8 Å². The van der Waals surface area contributed by atoms with Gasteiger partial charge in [-0.3, -0.25) is 9.59 Å². The fourth-order valence-corrected chi connectivity index (χ4v) is 7.31. The molecule has 0 aromatic heterocycles. The number of ether oxygens (including phenoxy) is 1. The zero-order valence-electron chi connectivity index (χ0n) is 18.9. The van der Waals surface area contributed by atoms with Gasteiger partial charge in [-0.1, -0.05) is 25.1 Å². The minimum atomic E-state index is 0.0130. The summed E-state index contributed by atoms with van der Waals surface area (Å²) in [6, 6.07) is 7.89. The highest BCUT2D eigenvalue weighted by atomic mass is 16.5. The number of piperazine rings is 1. The summed E-state index contributed by atoms with van der Waals surface area (Å²) in [6.07, 6.45) is 9.70. The number of para-hydroxylation sites is 1. The van der Waals surface area contributed by atoms with Crippen LogP contribution >= 0.6 is 0 Å². The van der Waals surface area contributed by atoms with E-state index in [4.69, 9.17) is 4.74 Å². The van der Waals surface area contributed by atoms with Gasteiger partial charge in [0.2, 0.25) is 5.91 Å². The van der Waals surface area contributed by atoms with Gasteiger partial charge in [0.15, 0.2) is 6.61 Å². The first kappa shape index (κ1) is 20.8. The van der Waals surface area contributed by atoms with Crippen molar-refractivity contribution in [3.05, 3.63) is 29.8 Å². The van der Waals surface area contributed by atoms with E-state index in [1.807, 2.05) is 34.1 Å². The Morgan fingerprint density at radius 3 is 2.03 bits per heavy atom. The molecule has 31 heavy (non-hydrogen) atoms. The van der Waals surface area contributed by atoms with Crippen LogP contribution in [0.3, 0.4) is 0 Å². The van der Waals surface area contributed by atoms with Gasteiger partial charge in [-0.25, -0.2) is 0 Å². The molecule has 0 radical (unpaired) electrons. The topological polar surface area (TPSA) is 49.9 Å². The summed E-state index contributed by atoms with van der Waals surface area (Å²) in [6.45, 7) is 4.70. The van der Waals surface area contributed by atoms with Crippen molar-refractivity contribution < 1.29 is 14.3 Å². The molecule has 1 aromatic carbocycles. The van der Waals surface area contributed by atoms with Crippen LogP contribution in [0.5, 0.6) is 5.75 Å². The van der Waals surface area contributed by atoms with Gasteiger partial charge in [-0.05, 0) is 79.7 Å². The number of hydrogen-bond acceptors (Lipinski definition) is 3. The molecule has 2 amide bonds. The normalized spacial score (nSPS) is 31.7. The predicted molar refractivity (Wildman–Crippen MR) is 120 cm³/mol. The third-order valence-electron chi connectivity index (χ3n) is 8.38. The van der Waals surface area contributed by atoms with Crippen LogP contribution in [0.4, 0.5) is 0 Å². The van der Waals surface area contributed by atoms with Crippen LogP contribution in [0, 0.1) is 23.2 Å². The number of carbonyl (C=O) groups excluding carboxylic acids is 2. The van der Waals surface area contributed by atoms with Gasteiger partial charge in [0.1, 0.15) is 5.75 Å². The monoisotopic (exact) mass is 424 g/mol. The lowest BCUT2D eigenvalue weighted by Crippen LogP contribution is -2.53. The molecule has 4 aliphatic carbocycles. The lowest BCUT2D eigenvalue weighted by Gasteiger charge is -2.57. The number of carbonyl (C=O) groups is 2. The van der Waals surface area contributed by atoms with Crippen LogP contribution in [0.25, 0.3) is 0 Å². The van der Waals surface area contributed by atoms with Crippen molar-refractivity contribution in [3.63, 3.8) is 0 Å². The molecule has 1 aromatic rings. The molecule has 168 valence electrons. The van der Waals surface area contributed by atoms with Gasteiger partial charge in [-0.2, -0.15) is 0 Å². The van der Waals surface area contributed by atoms with Crippen molar-refractivity contribution in [1.29, 1.82) is 0 Å². The number of benzene rings is 1. The summed E-state index contributed by atoms with van der Waals surface area (Å²) in [7, 11) is 0. The maximum atomic E-state index is 13.1. The number of aryl methyl sites for hydroxylation is 1. The highest BCUT2D eigenvalue weighted by Crippen LogP contribution is 2.61. The first-order valence-corrected chi connectivity index (χ1v) is 12.3. The van der Waals surface area contributed by atoms with Gasteiger partial charge in [0.05, 0.1) is 0 Å². The molecule has 5 heteroatoms. The standard InChI is InChI=1S/C26H36N2O3/c1-2-22-5-3-4-6-23(22)31-18-25(30)28-9-7-27(8-10-28)24(29)17-26-14-19-11-20(15-26)13-21(12-19)16-26/h3-6,19-21H,2,7-18H2,1H3. The Kier molecular flexibility index (Phi) is 5.70. The molecule has 1 heterocycles. The Bertz CT molecular complexity index is 792.